The number of rotatable bonds is 10. The van der Waals surface area contributed by atoms with E-state index >= 15 is 0 Å². The summed E-state index contributed by atoms with van der Waals surface area (Å²) in [5, 5.41) is 10.5. The summed E-state index contributed by atoms with van der Waals surface area (Å²) in [7, 11) is 0. The van der Waals surface area contributed by atoms with Gasteiger partial charge in [-0.05, 0) is 35.4 Å². The Kier molecular flexibility index (Phi) is 11.5. The number of alkyl halides is 3. The first-order valence-electron chi connectivity index (χ1n) is 12.4. The van der Waals surface area contributed by atoms with Crippen LogP contribution in [0, 0.1) is 5.92 Å². The van der Waals surface area contributed by atoms with Crippen molar-refractivity contribution >= 4 is 17.8 Å². The van der Waals surface area contributed by atoms with Gasteiger partial charge in [0.05, 0.1) is 6.04 Å². The quantitative estimate of drug-likeness (QED) is 0.396. The summed E-state index contributed by atoms with van der Waals surface area (Å²) in [6.45, 7) is 5.34. The van der Waals surface area contributed by atoms with Crippen molar-refractivity contribution < 1.29 is 32.7 Å². The number of hydrogen-bond acceptors (Lipinski definition) is 4. The molecule has 0 radical (unpaired) electrons. The molecule has 10 heteroatoms. The van der Waals surface area contributed by atoms with Gasteiger partial charge in [-0.3, -0.25) is 14.9 Å². The van der Waals surface area contributed by atoms with E-state index in [1.165, 1.54) is 16.7 Å². The van der Waals surface area contributed by atoms with E-state index < -0.39 is 18.2 Å². The van der Waals surface area contributed by atoms with Crippen molar-refractivity contribution in [3.05, 3.63) is 83.4 Å². The van der Waals surface area contributed by atoms with E-state index in [4.69, 9.17) is 15.6 Å². The third-order valence-corrected chi connectivity index (χ3v) is 6.37. The third kappa shape index (κ3) is 9.66. The number of aryl methyl sites for hydroxylation is 1. The van der Waals surface area contributed by atoms with Crippen LogP contribution in [0.3, 0.4) is 0 Å². The average Bonchev–Trinajstić information content (AvgIpc) is 3.32. The maximum Gasteiger partial charge on any atom is 0.490 e. The van der Waals surface area contributed by atoms with E-state index in [-0.39, 0.29) is 23.8 Å². The van der Waals surface area contributed by atoms with Crippen LogP contribution in [0.4, 0.5) is 13.2 Å². The van der Waals surface area contributed by atoms with Gasteiger partial charge in [-0.15, -0.1) is 0 Å². The summed E-state index contributed by atoms with van der Waals surface area (Å²) in [6, 6.07) is 17.8. The fourth-order valence-electron chi connectivity index (χ4n) is 3.99. The van der Waals surface area contributed by atoms with Crippen LogP contribution in [0.15, 0.2) is 66.7 Å². The number of carboxylic acid groups (broad SMARTS) is 1. The SMILES string of the molecule is CC[C@@H](C)[C@H](N[C@H](/C=C/C(=O)N1Cc2ccccc2C1)CCc1ccccc1)C(N)=O.O=C(O)C(F)(F)F. The fraction of sp³-hybridized carbons (Fsp3) is 0.393. The molecule has 3 rings (SSSR count). The van der Waals surface area contributed by atoms with Gasteiger partial charge in [0, 0.05) is 25.2 Å². The zero-order valence-electron chi connectivity index (χ0n) is 21.4. The average molecular weight is 534 g/mol. The lowest BCUT2D eigenvalue weighted by atomic mass is 9.96. The summed E-state index contributed by atoms with van der Waals surface area (Å²) in [6.07, 6.45) is 0.920. The molecule has 2 aromatic rings. The number of nitrogens with two attached hydrogens (primary N) is 1. The van der Waals surface area contributed by atoms with E-state index in [2.05, 4.69) is 29.6 Å². The van der Waals surface area contributed by atoms with Crippen LogP contribution < -0.4 is 11.1 Å². The second-order valence-electron chi connectivity index (χ2n) is 9.19. The molecule has 1 aliphatic rings. The molecule has 206 valence electrons. The van der Waals surface area contributed by atoms with Gasteiger partial charge in [0.15, 0.2) is 0 Å². The summed E-state index contributed by atoms with van der Waals surface area (Å²) < 4.78 is 31.7. The lowest BCUT2D eigenvalue weighted by Crippen LogP contribution is -2.49. The number of primary amides is 1. The van der Waals surface area contributed by atoms with Crippen molar-refractivity contribution in [2.45, 2.75) is 64.5 Å². The monoisotopic (exact) mass is 533 g/mol. The number of carbonyl (C=O) groups is 3. The summed E-state index contributed by atoms with van der Waals surface area (Å²) in [5.41, 5.74) is 9.30. The smallest absolute Gasteiger partial charge is 0.475 e. The van der Waals surface area contributed by atoms with E-state index in [1.54, 1.807) is 6.08 Å². The lowest BCUT2D eigenvalue weighted by molar-refractivity contribution is -0.192. The number of halogens is 3. The standard InChI is InChI=1S/C26H33N3O2.C2HF3O2/c1-3-19(2)25(26(27)31)28-23(14-13-20-9-5-4-6-10-20)15-16-24(30)29-17-21-11-7-8-12-22(21)18-29;3-2(4,5)1(6)7/h4-12,15-16,19,23,25,28H,3,13-14,17-18H2,1-2H3,(H2,27,31);(H,6,7)/b16-15+;/t19-,23+,25+;/m1./s1. The van der Waals surface area contributed by atoms with Crippen LogP contribution in [0.2, 0.25) is 0 Å². The highest BCUT2D eigenvalue weighted by molar-refractivity contribution is 5.88. The molecule has 0 aliphatic carbocycles. The fourth-order valence-corrected chi connectivity index (χ4v) is 3.99. The molecule has 0 unspecified atom stereocenters. The molecule has 0 saturated heterocycles. The second kappa shape index (κ2) is 14.3. The molecule has 1 aliphatic heterocycles. The van der Waals surface area contributed by atoms with Gasteiger partial charge in [0.25, 0.3) is 0 Å². The molecular weight excluding hydrogens is 499 g/mol. The van der Waals surface area contributed by atoms with Gasteiger partial charge in [-0.25, -0.2) is 4.79 Å². The van der Waals surface area contributed by atoms with Crippen LogP contribution in [-0.2, 0) is 33.9 Å². The first-order chi connectivity index (χ1) is 17.9. The van der Waals surface area contributed by atoms with Gasteiger partial charge in [-0.1, -0.05) is 80.9 Å². The zero-order chi connectivity index (χ0) is 28.3. The van der Waals surface area contributed by atoms with Gasteiger partial charge >= 0.3 is 12.1 Å². The molecule has 38 heavy (non-hydrogen) atoms. The van der Waals surface area contributed by atoms with E-state index in [9.17, 15) is 22.8 Å². The van der Waals surface area contributed by atoms with Crippen LogP contribution >= 0.6 is 0 Å². The molecule has 0 saturated carbocycles. The van der Waals surface area contributed by atoms with Crippen molar-refractivity contribution in [1.29, 1.82) is 0 Å². The van der Waals surface area contributed by atoms with Crippen LogP contribution in [0.5, 0.6) is 0 Å². The molecule has 2 aromatic carbocycles. The number of carbonyl (C=O) groups excluding carboxylic acids is 2. The summed E-state index contributed by atoms with van der Waals surface area (Å²) >= 11 is 0. The van der Waals surface area contributed by atoms with Crippen molar-refractivity contribution in [3.8, 4) is 0 Å². The van der Waals surface area contributed by atoms with Gasteiger partial charge in [-0.2, -0.15) is 13.2 Å². The Balaban J connectivity index is 0.000000638. The molecule has 0 bridgehead atoms. The Labute approximate surface area is 220 Å². The second-order valence-corrected chi connectivity index (χ2v) is 9.19. The third-order valence-electron chi connectivity index (χ3n) is 6.37. The Bertz CT molecular complexity index is 1080. The Hall–Kier alpha value is -3.66. The molecule has 3 atom stereocenters. The molecule has 0 fully saturated rings. The number of nitrogens with zero attached hydrogens (tertiary/aromatic N) is 1. The molecule has 1 heterocycles. The Morgan fingerprint density at radius 3 is 2.05 bits per heavy atom. The maximum absolute atomic E-state index is 12.8. The van der Waals surface area contributed by atoms with E-state index in [0.29, 0.717) is 13.1 Å². The number of aliphatic carboxylic acids is 1. The number of carboxylic acids is 1. The number of fused-ring (bicyclic) bond motifs is 1. The minimum absolute atomic E-state index is 0.0122. The first-order valence-corrected chi connectivity index (χ1v) is 12.4. The van der Waals surface area contributed by atoms with Crippen LogP contribution in [0.1, 0.15) is 43.4 Å². The maximum atomic E-state index is 12.8. The molecule has 2 amide bonds. The van der Waals surface area contributed by atoms with E-state index in [1.807, 2.05) is 55.2 Å². The van der Waals surface area contributed by atoms with Gasteiger partial charge in [0.2, 0.25) is 11.8 Å². The number of benzene rings is 2. The molecule has 4 N–H and O–H groups in total. The first kappa shape index (κ1) is 30.6. The van der Waals surface area contributed by atoms with Gasteiger partial charge < -0.3 is 15.7 Å². The molecule has 0 spiro atoms. The zero-order valence-corrected chi connectivity index (χ0v) is 21.4. The predicted molar refractivity (Wildman–Crippen MR) is 138 cm³/mol. The molecule has 7 nitrogen and oxygen atoms in total. The summed E-state index contributed by atoms with van der Waals surface area (Å²) in [5.74, 6) is -3.00. The highest BCUT2D eigenvalue weighted by Gasteiger charge is 2.38. The minimum Gasteiger partial charge on any atom is -0.475 e. The normalized spacial score (nSPS) is 15.2. The van der Waals surface area contributed by atoms with Crippen LogP contribution in [0.25, 0.3) is 0 Å². The van der Waals surface area contributed by atoms with Crippen molar-refractivity contribution in [2.75, 3.05) is 0 Å². The Morgan fingerprint density at radius 2 is 1.58 bits per heavy atom. The predicted octanol–water partition coefficient (Wildman–Crippen LogP) is 4.21. The topological polar surface area (TPSA) is 113 Å². The highest BCUT2D eigenvalue weighted by Crippen LogP contribution is 2.22. The van der Waals surface area contributed by atoms with Crippen molar-refractivity contribution in [1.82, 2.24) is 10.2 Å². The number of amides is 2. The van der Waals surface area contributed by atoms with Crippen LogP contribution in [-0.4, -0.2) is 46.1 Å². The summed E-state index contributed by atoms with van der Waals surface area (Å²) in [4.78, 5) is 35.6. The van der Waals surface area contributed by atoms with Gasteiger partial charge in [0.1, 0.15) is 0 Å². The number of nitrogens with one attached hydrogen (secondary N) is 1. The largest absolute Gasteiger partial charge is 0.490 e. The molecular formula is C28H34F3N3O4. The van der Waals surface area contributed by atoms with Crippen molar-refractivity contribution in [3.63, 3.8) is 0 Å². The highest BCUT2D eigenvalue weighted by atomic mass is 19.4. The lowest BCUT2D eigenvalue weighted by Gasteiger charge is -2.26. The number of hydrogen-bond donors (Lipinski definition) is 3. The van der Waals surface area contributed by atoms with Crippen molar-refractivity contribution in [2.24, 2.45) is 11.7 Å². The molecule has 0 aromatic heterocycles. The van der Waals surface area contributed by atoms with E-state index in [0.717, 1.165) is 19.3 Å². The Morgan fingerprint density at radius 1 is 1.05 bits per heavy atom. The minimum atomic E-state index is -5.08.